The molecular formula is C31H46O4. The first-order valence-electron chi connectivity index (χ1n) is 12.4. The number of carboxylic acid groups (broad SMARTS) is 1. The lowest BCUT2D eigenvalue weighted by Gasteiger charge is -2.35. The Hall–Kier alpha value is -2.49. The third-order valence-electron chi connectivity index (χ3n) is 7.03. The molecule has 0 bridgehead atoms. The van der Waals surface area contributed by atoms with Crippen molar-refractivity contribution in [2.24, 2.45) is 0 Å². The molecule has 4 heteroatoms. The monoisotopic (exact) mass is 482 g/mol. The summed E-state index contributed by atoms with van der Waals surface area (Å²) in [5, 5.41) is 33.2. The van der Waals surface area contributed by atoms with Gasteiger partial charge >= 0.3 is 5.97 Å². The summed E-state index contributed by atoms with van der Waals surface area (Å²) in [5.74, 6) is -0.538. The molecule has 2 rings (SSSR count). The van der Waals surface area contributed by atoms with Gasteiger partial charge < -0.3 is 15.3 Å². The van der Waals surface area contributed by atoms with Crippen molar-refractivity contribution in [3.63, 3.8) is 0 Å². The van der Waals surface area contributed by atoms with Crippen LogP contribution in [-0.2, 0) is 31.9 Å². The average Bonchev–Trinajstić information content (AvgIpc) is 2.63. The van der Waals surface area contributed by atoms with Crippen LogP contribution in [0, 0.1) is 0 Å². The van der Waals surface area contributed by atoms with E-state index < -0.39 is 11.4 Å². The predicted octanol–water partition coefficient (Wildman–Crippen LogP) is 7.68. The molecule has 4 nitrogen and oxygen atoms in total. The zero-order chi connectivity index (χ0) is 27.5. The van der Waals surface area contributed by atoms with E-state index >= 15 is 0 Å². The number of carbonyl (C=O) groups is 1. The van der Waals surface area contributed by atoms with Crippen molar-refractivity contribution in [1.82, 2.24) is 0 Å². The molecule has 35 heavy (non-hydrogen) atoms. The number of phenols is 2. The molecule has 0 aliphatic carbocycles. The van der Waals surface area contributed by atoms with E-state index in [9.17, 15) is 20.1 Å². The van der Waals surface area contributed by atoms with Gasteiger partial charge in [-0.05, 0) is 62.0 Å². The second-order valence-electron chi connectivity index (χ2n) is 14.3. The number of phenolic OH excluding ortho intramolecular Hbond substituents is 2. The van der Waals surface area contributed by atoms with Crippen molar-refractivity contribution >= 4 is 5.97 Å². The van der Waals surface area contributed by atoms with E-state index in [0.717, 1.165) is 22.3 Å². The summed E-state index contributed by atoms with van der Waals surface area (Å²) in [6.45, 7) is 26.0. The first-order chi connectivity index (χ1) is 15.4. The smallest absolute Gasteiger partial charge is 0.318 e. The SMILES string of the molecule is CC(C)(C)c1cc(C(C)(C(=O)O)c2cc(C(C)(C)C)c(O)c(C(C)(C)C)c2)cc(C(C)(C)C)c1O. The fraction of sp³-hybridized carbons (Fsp3) is 0.581. The first-order valence-corrected chi connectivity index (χ1v) is 12.4. The summed E-state index contributed by atoms with van der Waals surface area (Å²) >= 11 is 0. The van der Waals surface area contributed by atoms with E-state index in [2.05, 4.69) is 0 Å². The number of benzene rings is 2. The molecule has 0 aromatic heterocycles. The molecule has 0 saturated heterocycles. The molecule has 2 aromatic carbocycles. The zero-order valence-corrected chi connectivity index (χ0v) is 24.1. The summed E-state index contributed by atoms with van der Waals surface area (Å²) in [6, 6.07) is 7.39. The highest BCUT2D eigenvalue weighted by Crippen LogP contribution is 2.47. The fourth-order valence-corrected chi connectivity index (χ4v) is 4.55. The summed E-state index contributed by atoms with van der Waals surface area (Å²) in [4.78, 5) is 13.1. The molecule has 0 heterocycles. The lowest BCUT2D eigenvalue weighted by atomic mass is 9.68. The molecule has 0 amide bonds. The van der Waals surface area contributed by atoms with Crippen LogP contribution in [0.25, 0.3) is 0 Å². The third kappa shape index (κ3) is 5.37. The Bertz CT molecular complexity index is 975. The summed E-state index contributed by atoms with van der Waals surface area (Å²) in [7, 11) is 0. The van der Waals surface area contributed by atoms with E-state index in [4.69, 9.17) is 0 Å². The average molecular weight is 483 g/mol. The molecule has 0 fully saturated rings. The maximum atomic E-state index is 13.1. The van der Waals surface area contributed by atoms with Gasteiger partial charge in [-0.25, -0.2) is 0 Å². The largest absolute Gasteiger partial charge is 0.507 e. The quantitative estimate of drug-likeness (QED) is 0.419. The van der Waals surface area contributed by atoms with Crippen LogP contribution < -0.4 is 0 Å². The van der Waals surface area contributed by atoms with Crippen molar-refractivity contribution in [1.29, 1.82) is 0 Å². The van der Waals surface area contributed by atoms with Gasteiger partial charge in [-0.15, -0.1) is 0 Å². The minimum atomic E-state index is -1.40. The van der Waals surface area contributed by atoms with Gasteiger partial charge in [0.25, 0.3) is 0 Å². The molecule has 0 unspecified atom stereocenters. The van der Waals surface area contributed by atoms with Crippen molar-refractivity contribution in [2.45, 2.75) is 117 Å². The maximum absolute atomic E-state index is 13.1. The lowest BCUT2D eigenvalue weighted by Crippen LogP contribution is -2.36. The molecule has 0 aliphatic rings. The van der Waals surface area contributed by atoms with Crippen LogP contribution in [0.5, 0.6) is 11.5 Å². The van der Waals surface area contributed by atoms with Gasteiger partial charge in [-0.3, -0.25) is 4.79 Å². The van der Waals surface area contributed by atoms with E-state index in [1.165, 1.54) is 0 Å². The van der Waals surface area contributed by atoms with Crippen LogP contribution in [0.2, 0.25) is 0 Å². The van der Waals surface area contributed by atoms with Crippen molar-refractivity contribution in [3.8, 4) is 11.5 Å². The highest BCUT2D eigenvalue weighted by molar-refractivity contribution is 5.86. The highest BCUT2D eigenvalue weighted by Gasteiger charge is 2.42. The number of hydrogen-bond donors (Lipinski definition) is 3. The Labute approximate surface area is 212 Å². The maximum Gasteiger partial charge on any atom is 0.318 e. The van der Waals surface area contributed by atoms with E-state index in [-0.39, 0.29) is 33.2 Å². The standard InChI is InChI=1S/C31H46O4/c1-27(2,3)20-14-18(15-21(24(20)32)28(4,5)6)31(13,26(34)35)19-16-22(29(7,8)9)25(33)23(17-19)30(10,11)12/h14-17,32-33H,1-13H3,(H,34,35). The van der Waals surface area contributed by atoms with Crippen LogP contribution in [0.15, 0.2) is 24.3 Å². The molecule has 194 valence electrons. The first kappa shape index (κ1) is 28.7. The Kier molecular flexibility index (Phi) is 7.04. The summed E-state index contributed by atoms with van der Waals surface area (Å²) in [5.41, 5.74) is 1.16. The van der Waals surface area contributed by atoms with Crippen molar-refractivity contribution in [3.05, 3.63) is 57.6 Å². The van der Waals surface area contributed by atoms with Gasteiger partial charge in [0, 0.05) is 0 Å². The molecule has 3 N–H and O–H groups in total. The normalized spacial score (nSPS) is 13.7. The Morgan fingerprint density at radius 3 is 0.857 bits per heavy atom. The molecule has 0 spiro atoms. The fourth-order valence-electron chi connectivity index (χ4n) is 4.55. The molecule has 0 aliphatic heterocycles. The van der Waals surface area contributed by atoms with Gasteiger partial charge in [-0.1, -0.05) is 107 Å². The minimum Gasteiger partial charge on any atom is -0.507 e. The van der Waals surface area contributed by atoms with Crippen molar-refractivity contribution < 1.29 is 20.1 Å². The van der Waals surface area contributed by atoms with Crippen molar-refractivity contribution in [2.75, 3.05) is 0 Å². The molecular weight excluding hydrogens is 436 g/mol. The Balaban J connectivity index is 3.11. The van der Waals surface area contributed by atoms with E-state index in [1.54, 1.807) is 6.92 Å². The van der Waals surface area contributed by atoms with Gasteiger partial charge in [0.15, 0.2) is 0 Å². The minimum absolute atomic E-state index is 0.220. The van der Waals surface area contributed by atoms with Gasteiger partial charge in [0.05, 0.1) is 0 Å². The van der Waals surface area contributed by atoms with Crippen LogP contribution in [0.3, 0.4) is 0 Å². The molecule has 0 radical (unpaired) electrons. The summed E-state index contributed by atoms with van der Waals surface area (Å²) in [6.07, 6.45) is 0. The topological polar surface area (TPSA) is 77.8 Å². The zero-order valence-electron chi connectivity index (χ0n) is 24.1. The van der Waals surface area contributed by atoms with Gasteiger partial charge in [0.2, 0.25) is 0 Å². The number of hydrogen-bond acceptors (Lipinski definition) is 3. The van der Waals surface area contributed by atoms with Crippen LogP contribution >= 0.6 is 0 Å². The predicted molar refractivity (Wildman–Crippen MR) is 145 cm³/mol. The third-order valence-corrected chi connectivity index (χ3v) is 7.03. The second-order valence-corrected chi connectivity index (χ2v) is 14.3. The molecule has 2 aromatic rings. The van der Waals surface area contributed by atoms with Crippen LogP contribution in [0.1, 0.15) is 123 Å². The summed E-state index contributed by atoms with van der Waals surface area (Å²) < 4.78 is 0. The number of aromatic hydroxyl groups is 2. The Morgan fingerprint density at radius 1 is 0.514 bits per heavy atom. The highest BCUT2D eigenvalue weighted by atomic mass is 16.4. The van der Waals surface area contributed by atoms with E-state index in [1.807, 2.05) is 107 Å². The Morgan fingerprint density at radius 2 is 0.714 bits per heavy atom. The number of rotatable bonds is 3. The second kappa shape index (κ2) is 8.57. The van der Waals surface area contributed by atoms with Crippen LogP contribution in [0.4, 0.5) is 0 Å². The van der Waals surface area contributed by atoms with Gasteiger partial charge in [0.1, 0.15) is 16.9 Å². The van der Waals surface area contributed by atoms with Crippen LogP contribution in [-0.4, -0.2) is 21.3 Å². The lowest BCUT2D eigenvalue weighted by molar-refractivity contribution is -0.141. The van der Waals surface area contributed by atoms with E-state index in [0.29, 0.717) is 11.1 Å². The molecule has 0 saturated carbocycles. The molecule has 0 atom stereocenters. The van der Waals surface area contributed by atoms with Gasteiger partial charge in [-0.2, -0.15) is 0 Å². The number of carboxylic acids is 1. The number of aliphatic carboxylic acids is 1.